The second-order valence-corrected chi connectivity index (χ2v) is 4.78. The number of ether oxygens (including phenoxy) is 1. The highest BCUT2D eigenvalue weighted by Gasteiger charge is 2.05. The van der Waals surface area contributed by atoms with Crippen molar-refractivity contribution >= 4 is 5.69 Å². The second-order valence-electron chi connectivity index (χ2n) is 4.78. The standard InChI is InChI=1S/C16H23N3O/c1-4-14-10-16(19(5-2)18-14)11-17-15-8-6-7-13(9-15)12-20-3/h6-10,17H,4-5,11-12H2,1-3H3. The smallest absolute Gasteiger partial charge is 0.0713 e. The number of aromatic nitrogens is 2. The van der Waals surface area contributed by atoms with Crippen molar-refractivity contribution in [2.24, 2.45) is 0 Å². The molecule has 1 N–H and O–H groups in total. The van der Waals surface area contributed by atoms with Crippen LogP contribution in [0.4, 0.5) is 5.69 Å². The highest BCUT2D eigenvalue weighted by Crippen LogP contribution is 2.14. The summed E-state index contributed by atoms with van der Waals surface area (Å²) in [5.74, 6) is 0. The molecule has 2 rings (SSSR count). The van der Waals surface area contributed by atoms with Crippen LogP contribution in [0.3, 0.4) is 0 Å². The van der Waals surface area contributed by atoms with Crippen LogP contribution in [-0.2, 0) is 30.9 Å². The molecule has 2 aromatic rings. The molecule has 0 aliphatic carbocycles. The van der Waals surface area contributed by atoms with E-state index in [1.807, 2.05) is 6.07 Å². The van der Waals surface area contributed by atoms with Gasteiger partial charge < -0.3 is 10.1 Å². The van der Waals surface area contributed by atoms with Crippen molar-refractivity contribution in [3.05, 3.63) is 47.3 Å². The molecule has 20 heavy (non-hydrogen) atoms. The van der Waals surface area contributed by atoms with Crippen LogP contribution < -0.4 is 5.32 Å². The van der Waals surface area contributed by atoms with Gasteiger partial charge in [0.15, 0.2) is 0 Å². The maximum atomic E-state index is 5.16. The first-order valence-electron chi connectivity index (χ1n) is 7.14. The Balaban J connectivity index is 2.04. The Morgan fingerprint density at radius 3 is 2.80 bits per heavy atom. The van der Waals surface area contributed by atoms with Gasteiger partial charge in [0.25, 0.3) is 0 Å². The Morgan fingerprint density at radius 1 is 1.25 bits per heavy atom. The van der Waals surface area contributed by atoms with Crippen molar-refractivity contribution in [3.63, 3.8) is 0 Å². The summed E-state index contributed by atoms with van der Waals surface area (Å²) in [5, 5.41) is 8.02. The Hall–Kier alpha value is -1.81. The van der Waals surface area contributed by atoms with Crippen LogP contribution >= 0.6 is 0 Å². The van der Waals surface area contributed by atoms with Gasteiger partial charge in [-0.15, -0.1) is 0 Å². The molecule has 4 heteroatoms. The van der Waals surface area contributed by atoms with Crippen LogP contribution in [0.5, 0.6) is 0 Å². The second kappa shape index (κ2) is 7.10. The summed E-state index contributed by atoms with van der Waals surface area (Å²) < 4.78 is 7.22. The lowest BCUT2D eigenvalue weighted by Crippen LogP contribution is -2.08. The molecule has 4 nitrogen and oxygen atoms in total. The summed E-state index contributed by atoms with van der Waals surface area (Å²) in [6.07, 6.45) is 0.976. The maximum absolute atomic E-state index is 5.16. The van der Waals surface area contributed by atoms with Crippen LogP contribution in [0.15, 0.2) is 30.3 Å². The van der Waals surface area contributed by atoms with Gasteiger partial charge in [0.1, 0.15) is 0 Å². The van der Waals surface area contributed by atoms with Crippen molar-refractivity contribution in [3.8, 4) is 0 Å². The SMILES string of the molecule is CCc1cc(CNc2cccc(COC)c2)n(CC)n1. The van der Waals surface area contributed by atoms with Crippen LogP contribution in [0.25, 0.3) is 0 Å². The molecule has 0 saturated heterocycles. The molecule has 0 unspecified atom stereocenters. The van der Waals surface area contributed by atoms with E-state index in [1.165, 1.54) is 11.3 Å². The Bertz CT molecular complexity index is 548. The minimum Gasteiger partial charge on any atom is -0.380 e. The fourth-order valence-corrected chi connectivity index (χ4v) is 2.23. The molecule has 1 aromatic carbocycles. The topological polar surface area (TPSA) is 39.1 Å². The number of benzene rings is 1. The van der Waals surface area contributed by atoms with E-state index in [0.717, 1.165) is 30.9 Å². The molecule has 0 saturated carbocycles. The average molecular weight is 273 g/mol. The quantitative estimate of drug-likeness (QED) is 0.842. The van der Waals surface area contributed by atoms with E-state index in [2.05, 4.69) is 53.2 Å². The molecule has 1 heterocycles. The van der Waals surface area contributed by atoms with Crippen molar-refractivity contribution in [2.75, 3.05) is 12.4 Å². The zero-order valence-corrected chi connectivity index (χ0v) is 12.5. The molecule has 0 fully saturated rings. The van der Waals surface area contributed by atoms with E-state index < -0.39 is 0 Å². The Morgan fingerprint density at radius 2 is 2.10 bits per heavy atom. The minimum absolute atomic E-state index is 0.641. The van der Waals surface area contributed by atoms with Crippen LogP contribution in [0, 0.1) is 0 Å². The monoisotopic (exact) mass is 273 g/mol. The molecule has 0 spiro atoms. The molecule has 0 aliphatic rings. The number of methoxy groups -OCH3 is 1. The van der Waals surface area contributed by atoms with E-state index in [9.17, 15) is 0 Å². The molecule has 0 bridgehead atoms. The van der Waals surface area contributed by atoms with E-state index >= 15 is 0 Å². The van der Waals surface area contributed by atoms with Gasteiger partial charge in [0.2, 0.25) is 0 Å². The van der Waals surface area contributed by atoms with E-state index in [-0.39, 0.29) is 0 Å². The number of nitrogens with zero attached hydrogens (tertiary/aromatic N) is 2. The third-order valence-electron chi connectivity index (χ3n) is 3.29. The first-order valence-corrected chi connectivity index (χ1v) is 7.14. The summed E-state index contributed by atoms with van der Waals surface area (Å²) in [6, 6.07) is 10.5. The third-order valence-corrected chi connectivity index (χ3v) is 3.29. The molecule has 1 aromatic heterocycles. The van der Waals surface area contributed by atoms with E-state index in [1.54, 1.807) is 7.11 Å². The molecule has 0 aliphatic heterocycles. The van der Waals surface area contributed by atoms with Gasteiger partial charge in [-0.3, -0.25) is 4.68 Å². The van der Waals surface area contributed by atoms with Crippen molar-refractivity contribution in [1.29, 1.82) is 0 Å². The molecular formula is C16H23N3O. The van der Waals surface area contributed by atoms with Crippen molar-refractivity contribution in [2.45, 2.75) is 40.0 Å². The largest absolute Gasteiger partial charge is 0.380 e. The summed E-state index contributed by atoms with van der Waals surface area (Å²) >= 11 is 0. The first kappa shape index (κ1) is 14.6. The molecule has 0 radical (unpaired) electrons. The van der Waals surface area contributed by atoms with Crippen molar-refractivity contribution in [1.82, 2.24) is 9.78 Å². The van der Waals surface area contributed by atoms with Crippen LogP contribution in [-0.4, -0.2) is 16.9 Å². The molecule has 0 atom stereocenters. The van der Waals surface area contributed by atoms with Gasteiger partial charge >= 0.3 is 0 Å². The third kappa shape index (κ3) is 3.61. The first-order chi connectivity index (χ1) is 9.76. The van der Waals surface area contributed by atoms with Gasteiger partial charge in [0.05, 0.1) is 24.5 Å². The lowest BCUT2D eigenvalue weighted by atomic mass is 10.2. The molecule has 108 valence electrons. The predicted octanol–water partition coefficient (Wildman–Crippen LogP) is 3.22. The van der Waals surface area contributed by atoms with Gasteiger partial charge in [0, 0.05) is 19.3 Å². The highest BCUT2D eigenvalue weighted by molar-refractivity contribution is 5.45. The lowest BCUT2D eigenvalue weighted by Gasteiger charge is -2.09. The van der Waals surface area contributed by atoms with Gasteiger partial charge in [-0.05, 0) is 37.1 Å². The average Bonchev–Trinajstić information content (AvgIpc) is 2.88. The normalized spacial score (nSPS) is 10.8. The fraction of sp³-hybridized carbons (Fsp3) is 0.438. The maximum Gasteiger partial charge on any atom is 0.0713 e. The zero-order chi connectivity index (χ0) is 14.4. The summed E-state index contributed by atoms with van der Waals surface area (Å²) in [7, 11) is 1.71. The number of rotatable bonds is 7. The number of hydrogen-bond donors (Lipinski definition) is 1. The highest BCUT2D eigenvalue weighted by atomic mass is 16.5. The fourth-order valence-electron chi connectivity index (χ4n) is 2.23. The van der Waals surface area contributed by atoms with Gasteiger partial charge in [-0.25, -0.2) is 0 Å². The zero-order valence-electron chi connectivity index (χ0n) is 12.5. The molecule has 0 amide bonds. The minimum atomic E-state index is 0.641. The van der Waals surface area contributed by atoms with Crippen LogP contribution in [0.1, 0.15) is 30.8 Å². The predicted molar refractivity (Wildman–Crippen MR) is 81.8 cm³/mol. The number of anilines is 1. The number of nitrogens with one attached hydrogen (secondary N) is 1. The van der Waals surface area contributed by atoms with Crippen molar-refractivity contribution < 1.29 is 4.74 Å². The summed E-state index contributed by atoms with van der Waals surface area (Å²) in [4.78, 5) is 0. The van der Waals surface area contributed by atoms with Crippen LogP contribution in [0.2, 0.25) is 0 Å². The van der Waals surface area contributed by atoms with E-state index in [0.29, 0.717) is 6.61 Å². The van der Waals surface area contributed by atoms with Gasteiger partial charge in [-0.2, -0.15) is 5.10 Å². The summed E-state index contributed by atoms with van der Waals surface area (Å²) in [6.45, 7) is 6.59. The van der Waals surface area contributed by atoms with Gasteiger partial charge in [-0.1, -0.05) is 19.1 Å². The number of hydrogen-bond acceptors (Lipinski definition) is 3. The summed E-state index contributed by atoms with van der Waals surface area (Å²) in [5.41, 5.74) is 4.66. The number of aryl methyl sites for hydroxylation is 2. The lowest BCUT2D eigenvalue weighted by molar-refractivity contribution is 0.185. The van der Waals surface area contributed by atoms with E-state index in [4.69, 9.17) is 4.74 Å². The Kier molecular flexibility index (Phi) is 5.18. The molecular weight excluding hydrogens is 250 g/mol. The Labute approximate surface area is 120 Å².